The first-order valence-electron chi connectivity index (χ1n) is 8.52. The van der Waals surface area contributed by atoms with Gasteiger partial charge in [-0.3, -0.25) is 4.79 Å². The molecule has 0 N–H and O–H groups in total. The van der Waals surface area contributed by atoms with E-state index in [1.54, 1.807) is 4.90 Å². The molecule has 9 heteroatoms. The molecule has 0 atom stereocenters. The zero-order chi connectivity index (χ0) is 19.3. The van der Waals surface area contributed by atoms with Crippen molar-refractivity contribution in [2.75, 3.05) is 60.5 Å². The van der Waals surface area contributed by atoms with E-state index in [4.69, 9.17) is 9.47 Å². The van der Waals surface area contributed by atoms with E-state index in [2.05, 4.69) is 11.8 Å². The van der Waals surface area contributed by atoms with Crippen LogP contribution in [0.25, 0.3) is 0 Å². The molecule has 0 unspecified atom stereocenters. The van der Waals surface area contributed by atoms with Crippen molar-refractivity contribution in [2.24, 2.45) is 0 Å². The normalized spacial score (nSPS) is 16.0. The molecule has 1 amide bonds. The second-order valence-corrected chi connectivity index (χ2v) is 8.14. The second-order valence-electron chi connectivity index (χ2n) is 6.09. The molecule has 0 saturated carbocycles. The van der Waals surface area contributed by atoms with Gasteiger partial charge >= 0.3 is 0 Å². The number of carbonyl (C=O) groups is 1. The third-order valence-corrected chi connectivity index (χ3v) is 6.39. The molecule has 1 fully saturated rings. The van der Waals surface area contributed by atoms with Crippen molar-refractivity contribution in [1.29, 1.82) is 0 Å². The highest BCUT2D eigenvalue weighted by Crippen LogP contribution is 2.30. The molecule has 0 spiro atoms. The summed E-state index contributed by atoms with van der Waals surface area (Å²) in [5.41, 5.74) is 0. The van der Waals surface area contributed by atoms with Crippen LogP contribution in [0, 0.1) is 0 Å². The Labute approximate surface area is 155 Å². The van der Waals surface area contributed by atoms with E-state index in [1.165, 1.54) is 39.5 Å². The van der Waals surface area contributed by atoms with Gasteiger partial charge < -0.3 is 19.3 Å². The highest BCUT2D eigenvalue weighted by atomic mass is 32.2. The lowest BCUT2D eigenvalue weighted by atomic mass is 10.3. The summed E-state index contributed by atoms with van der Waals surface area (Å²) in [5.74, 6) is 0.579. The predicted octanol–water partition coefficient (Wildman–Crippen LogP) is 0.488. The Morgan fingerprint density at radius 1 is 1.12 bits per heavy atom. The number of carbonyl (C=O) groups excluding carboxylic acids is 1. The third-order valence-electron chi connectivity index (χ3n) is 4.59. The first kappa shape index (κ1) is 20.5. The Balaban J connectivity index is 2.08. The smallest absolute Gasteiger partial charge is 0.243 e. The van der Waals surface area contributed by atoms with Crippen LogP contribution in [0.1, 0.15) is 6.92 Å². The maximum atomic E-state index is 12.8. The number of rotatable bonds is 7. The van der Waals surface area contributed by atoms with Crippen LogP contribution in [0.15, 0.2) is 23.1 Å². The first-order chi connectivity index (χ1) is 12.3. The minimum atomic E-state index is -3.81. The monoisotopic (exact) mass is 385 g/mol. The van der Waals surface area contributed by atoms with E-state index in [9.17, 15) is 13.2 Å². The van der Waals surface area contributed by atoms with Gasteiger partial charge in [0.2, 0.25) is 15.9 Å². The van der Waals surface area contributed by atoms with Crippen molar-refractivity contribution in [3.8, 4) is 11.5 Å². The van der Waals surface area contributed by atoms with Crippen molar-refractivity contribution >= 4 is 15.9 Å². The average molecular weight is 385 g/mol. The Morgan fingerprint density at radius 2 is 1.73 bits per heavy atom. The minimum absolute atomic E-state index is 0.0567. The molecule has 1 aromatic rings. The second kappa shape index (κ2) is 8.70. The number of methoxy groups -OCH3 is 2. The summed E-state index contributed by atoms with van der Waals surface area (Å²) >= 11 is 0. The highest BCUT2D eigenvalue weighted by molar-refractivity contribution is 7.89. The Hall–Kier alpha value is -1.84. The molecule has 2 rings (SSSR count). The number of hydrogen-bond acceptors (Lipinski definition) is 6. The summed E-state index contributed by atoms with van der Waals surface area (Å²) < 4.78 is 36.9. The van der Waals surface area contributed by atoms with Crippen LogP contribution in [0.4, 0.5) is 0 Å². The molecule has 8 nitrogen and oxygen atoms in total. The number of hydrogen-bond donors (Lipinski definition) is 0. The van der Waals surface area contributed by atoms with Gasteiger partial charge in [-0.15, -0.1) is 0 Å². The topological polar surface area (TPSA) is 79.4 Å². The molecule has 1 saturated heterocycles. The van der Waals surface area contributed by atoms with Crippen LogP contribution in [-0.4, -0.2) is 89.0 Å². The Bertz CT molecular complexity index is 730. The van der Waals surface area contributed by atoms with Crippen LogP contribution in [0.5, 0.6) is 11.5 Å². The van der Waals surface area contributed by atoms with E-state index in [0.717, 1.165) is 23.9 Å². The summed E-state index contributed by atoms with van der Waals surface area (Å²) in [5, 5.41) is 0. The number of nitrogens with zero attached hydrogens (tertiary/aromatic N) is 3. The number of piperazine rings is 1. The summed E-state index contributed by atoms with van der Waals surface area (Å²) in [6.45, 7) is 5.72. The summed E-state index contributed by atoms with van der Waals surface area (Å²) in [6, 6.07) is 4.37. The van der Waals surface area contributed by atoms with Crippen molar-refractivity contribution < 1.29 is 22.7 Å². The summed E-state index contributed by atoms with van der Waals surface area (Å²) in [4.78, 5) is 16.5. The van der Waals surface area contributed by atoms with E-state index in [1.807, 2.05) is 0 Å². The number of likely N-dealkylation sites (N-methyl/N-ethyl adjacent to an activating group) is 2. The van der Waals surface area contributed by atoms with Gasteiger partial charge in [-0.1, -0.05) is 6.92 Å². The fourth-order valence-electron chi connectivity index (χ4n) is 2.85. The third kappa shape index (κ3) is 4.46. The van der Waals surface area contributed by atoms with Crippen molar-refractivity contribution in [3.05, 3.63) is 18.2 Å². The molecule has 1 heterocycles. The number of ether oxygens (including phenoxy) is 2. The lowest BCUT2D eigenvalue weighted by molar-refractivity contribution is -0.132. The van der Waals surface area contributed by atoms with Gasteiger partial charge in [-0.05, 0) is 18.7 Å². The molecule has 26 heavy (non-hydrogen) atoms. The molecule has 1 aromatic carbocycles. The van der Waals surface area contributed by atoms with Gasteiger partial charge in [0.25, 0.3) is 0 Å². The maximum absolute atomic E-state index is 12.8. The summed E-state index contributed by atoms with van der Waals surface area (Å²) in [6.07, 6.45) is 0. The number of benzene rings is 1. The van der Waals surface area contributed by atoms with Crippen molar-refractivity contribution in [2.45, 2.75) is 11.8 Å². The molecule has 0 aliphatic carbocycles. The van der Waals surface area contributed by atoms with E-state index in [-0.39, 0.29) is 17.3 Å². The zero-order valence-corrected chi connectivity index (χ0v) is 16.6. The molecular formula is C17H27N3O5S. The molecular weight excluding hydrogens is 358 g/mol. The lowest BCUT2D eigenvalue weighted by Gasteiger charge is -2.34. The van der Waals surface area contributed by atoms with Crippen LogP contribution < -0.4 is 9.47 Å². The molecule has 0 aromatic heterocycles. The molecule has 0 bridgehead atoms. The van der Waals surface area contributed by atoms with E-state index < -0.39 is 10.0 Å². The van der Waals surface area contributed by atoms with Crippen molar-refractivity contribution in [1.82, 2.24) is 14.1 Å². The SMILES string of the molecule is CCN1CCN(C(=O)CN(C)S(=O)(=O)c2ccc(OC)c(OC)c2)CC1. The van der Waals surface area contributed by atoms with Crippen LogP contribution in [0.2, 0.25) is 0 Å². The Kier molecular flexibility index (Phi) is 6.85. The molecule has 146 valence electrons. The van der Waals surface area contributed by atoms with Gasteiger partial charge in [-0.2, -0.15) is 4.31 Å². The maximum Gasteiger partial charge on any atom is 0.243 e. The molecule has 1 aliphatic rings. The van der Waals surface area contributed by atoms with Gasteiger partial charge in [0.15, 0.2) is 11.5 Å². The summed E-state index contributed by atoms with van der Waals surface area (Å²) in [7, 11) is 0.526. The lowest BCUT2D eigenvalue weighted by Crippen LogP contribution is -2.51. The van der Waals surface area contributed by atoms with E-state index >= 15 is 0 Å². The van der Waals surface area contributed by atoms with Crippen LogP contribution in [-0.2, 0) is 14.8 Å². The standard InChI is InChI=1S/C17H27N3O5S/c1-5-19-8-10-20(11-9-19)17(21)13-18(2)26(22,23)14-6-7-15(24-3)16(12-14)25-4/h6-7,12H,5,8-11,13H2,1-4H3. The van der Waals surface area contributed by atoms with Crippen molar-refractivity contribution in [3.63, 3.8) is 0 Å². The number of sulfonamides is 1. The molecule has 1 aliphatic heterocycles. The van der Waals surface area contributed by atoms with Gasteiger partial charge in [-0.25, -0.2) is 8.42 Å². The largest absolute Gasteiger partial charge is 0.493 e. The fourth-order valence-corrected chi connectivity index (χ4v) is 3.98. The van der Waals surface area contributed by atoms with Gasteiger partial charge in [0, 0.05) is 39.3 Å². The highest BCUT2D eigenvalue weighted by Gasteiger charge is 2.27. The van der Waals surface area contributed by atoms with Gasteiger partial charge in [0.1, 0.15) is 0 Å². The molecule has 0 radical (unpaired) electrons. The predicted molar refractivity (Wildman–Crippen MR) is 98.1 cm³/mol. The van der Waals surface area contributed by atoms with Gasteiger partial charge in [0.05, 0.1) is 25.7 Å². The van der Waals surface area contributed by atoms with E-state index in [0.29, 0.717) is 24.6 Å². The quantitative estimate of drug-likeness (QED) is 0.680. The Morgan fingerprint density at radius 3 is 2.27 bits per heavy atom. The van der Waals surface area contributed by atoms with Crippen LogP contribution >= 0.6 is 0 Å². The fraction of sp³-hybridized carbons (Fsp3) is 0.588. The first-order valence-corrected chi connectivity index (χ1v) is 9.96. The van der Waals surface area contributed by atoms with Crippen LogP contribution in [0.3, 0.4) is 0 Å². The zero-order valence-electron chi connectivity index (χ0n) is 15.8. The number of amides is 1. The minimum Gasteiger partial charge on any atom is -0.493 e. The average Bonchev–Trinajstić information content (AvgIpc) is 2.67.